The Kier molecular flexibility index (Phi) is 5.47. The van der Waals surface area contributed by atoms with Gasteiger partial charge in [0, 0.05) is 11.8 Å². The molecule has 2 aromatic rings. The minimum Gasteiger partial charge on any atom is -0.478 e. The molecule has 27 heavy (non-hydrogen) atoms. The molecule has 1 aromatic carbocycles. The standard InChI is InChI=1S/C18H18N2O7/c21-9-13-14(22)15(23)17(27-13)20-7-1-2-11(8-20)16(24)19-12-5-3-10(4-6-12)18(25)26/h1-8,13-15,17,21-23H,9H2,(H-,19,24,25,26)/p+1/t13?,14-,15-,17?/m1/s1. The normalized spacial score (nSPS) is 24.6. The van der Waals surface area contributed by atoms with E-state index >= 15 is 0 Å². The van der Waals surface area contributed by atoms with Crippen molar-refractivity contribution in [2.75, 3.05) is 11.9 Å². The summed E-state index contributed by atoms with van der Waals surface area (Å²) in [6, 6.07) is 8.84. The van der Waals surface area contributed by atoms with Gasteiger partial charge >= 0.3 is 5.97 Å². The molecule has 2 heterocycles. The Bertz CT molecular complexity index is 840. The number of pyridine rings is 1. The lowest BCUT2D eigenvalue weighted by molar-refractivity contribution is -0.765. The second kappa shape index (κ2) is 7.80. The molecule has 1 fully saturated rings. The van der Waals surface area contributed by atoms with Crippen LogP contribution in [0.5, 0.6) is 0 Å². The molecule has 1 amide bonds. The monoisotopic (exact) mass is 375 g/mol. The average molecular weight is 375 g/mol. The van der Waals surface area contributed by atoms with Gasteiger partial charge in [0.25, 0.3) is 12.1 Å². The highest BCUT2D eigenvalue weighted by atomic mass is 16.6. The highest BCUT2D eigenvalue weighted by Crippen LogP contribution is 2.25. The largest absolute Gasteiger partial charge is 0.478 e. The van der Waals surface area contributed by atoms with Gasteiger partial charge in [-0.3, -0.25) is 4.79 Å². The van der Waals surface area contributed by atoms with Crippen LogP contribution in [0.3, 0.4) is 0 Å². The molecule has 9 nitrogen and oxygen atoms in total. The van der Waals surface area contributed by atoms with Crippen molar-refractivity contribution in [3.05, 3.63) is 59.9 Å². The van der Waals surface area contributed by atoms with Crippen LogP contribution < -0.4 is 9.88 Å². The van der Waals surface area contributed by atoms with Crippen molar-refractivity contribution >= 4 is 17.6 Å². The van der Waals surface area contributed by atoms with Gasteiger partial charge in [-0.25, -0.2) is 4.79 Å². The van der Waals surface area contributed by atoms with Crippen LogP contribution in [0.4, 0.5) is 5.69 Å². The van der Waals surface area contributed by atoms with Crippen molar-refractivity contribution in [3.63, 3.8) is 0 Å². The van der Waals surface area contributed by atoms with Crippen LogP contribution in [0.2, 0.25) is 0 Å². The fourth-order valence-corrected chi connectivity index (χ4v) is 2.81. The Hall–Kier alpha value is -2.85. The number of nitrogens with zero attached hydrogens (tertiary/aromatic N) is 1. The zero-order valence-corrected chi connectivity index (χ0v) is 14.1. The SMILES string of the molecule is O=C(O)c1ccc(NC(=O)c2ccc[n+](C3OC(CO)[C@@H](O)[C@H]3O)c2)cc1. The molecule has 9 heteroatoms. The number of carbonyl (C=O) groups is 2. The van der Waals surface area contributed by atoms with Crippen molar-refractivity contribution in [1.29, 1.82) is 0 Å². The van der Waals surface area contributed by atoms with E-state index in [4.69, 9.17) is 9.84 Å². The second-order valence-electron chi connectivity index (χ2n) is 6.11. The van der Waals surface area contributed by atoms with E-state index in [1.807, 2.05) is 0 Å². The van der Waals surface area contributed by atoms with Crippen molar-refractivity contribution < 1.29 is 39.3 Å². The summed E-state index contributed by atoms with van der Waals surface area (Å²) >= 11 is 0. The molecular weight excluding hydrogens is 356 g/mol. The number of amides is 1. The van der Waals surface area contributed by atoms with Gasteiger partial charge in [-0.2, -0.15) is 4.57 Å². The van der Waals surface area contributed by atoms with E-state index < -0.39 is 43.0 Å². The summed E-state index contributed by atoms with van der Waals surface area (Å²) in [5.41, 5.74) is 0.792. The fraction of sp³-hybridized carbons (Fsp3) is 0.278. The summed E-state index contributed by atoms with van der Waals surface area (Å²) in [5.74, 6) is -1.50. The van der Waals surface area contributed by atoms with Crippen LogP contribution in [0.25, 0.3) is 0 Å². The quantitative estimate of drug-likeness (QED) is 0.445. The summed E-state index contributed by atoms with van der Waals surface area (Å²) in [5, 5.41) is 40.7. The first-order chi connectivity index (χ1) is 12.9. The van der Waals surface area contributed by atoms with E-state index in [0.717, 1.165) is 0 Å². The topological polar surface area (TPSA) is 140 Å². The number of hydrogen-bond acceptors (Lipinski definition) is 6. The van der Waals surface area contributed by atoms with Crippen molar-refractivity contribution in [3.8, 4) is 0 Å². The van der Waals surface area contributed by atoms with Crippen molar-refractivity contribution in [2.24, 2.45) is 0 Å². The Morgan fingerprint density at radius 2 is 1.78 bits per heavy atom. The fourth-order valence-electron chi connectivity index (χ4n) is 2.81. The molecule has 142 valence electrons. The van der Waals surface area contributed by atoms with Crippen molar-refractivity contribution in [1.82, 2.24) is 0 Å². The molecule has 0 radical (unpaired) electrons. The number of carbonyl (C=O) groups excluding carboxylic acids is 1. The third kappa shape index (κ3) is 3.96. The highest BCUT2D eigenvalue weighted by molar-refractivity contribution is 6.04. The Labute approximate surface area is 154 Å². The van der Waals surface area contributed by atoms with Crippen LogP contribution >= 0.6 is 0 Å². The minimum absolute atomic E-state index is 0.106. The molecule has 4 atom stereocenters. The number of carboxylic acids is 1. The lowest BCUT2D eigenvalue weighted by atomic mass is 10.1. The number of benzene rings is 1. The third-order valence-corrected chi connectivity index (χ3v) is 4.29. The number of carboxylic acid groups (broad SMARTS) is 1. The van der Waals surface area contributed by atoms with Gasteiger partial charge in [-0.1, -0.05) is 0 Å². The zero-order valence-electron chi connectivity index (χ0n) is 14.1. The maximum atomic E-state index is 12.4. The second-order valence-corrected chi connectivity index (χ2v) is 6.11. The smallest absolute Gasteiger partial charge is 0.335 e. The summed E-state index contributed by atoms with van der Waals surface area (Å²) < 4.78 is 6.87. The molecule has 3 rings (SSSR count). The molecule has 2 unspecified atom stereocenters. The number of anilines is 1. The number of aromatic carboxylic acids is 1. The summed E-state index contributed by atoms with van der Waals surface area (Å²) in [7, 11) is 0. The maximum absolute atomic E-state index is 12.4. The van der Waals surface area contributed by atoms with Gasteiger partial charge in [0.15, 0.2) is 18.5 Å². The first kappa shape index (κ1) is 18.9. The van der Waals surface area contributed by atoms with Crippen LogP contribution in [-0.2, 0) is 4.74 Å². The Morgan fingerprint density at radius 1 is 1.07 bits per heavy atom. The van der Waals surface area contributed by atoms with Crippen LogP contribution in [0.1, 0.15) is 26.9 Å². The molecule has 0 aliphatic carbocycles. The number of aliphatic hydroxyl groups excluding tert-OH is 3. The van der Waals surface area contributed by atoms with Gasteiger partial charge in [0.2, 0.25) is 0 Å². The van der Waals surface area contributed by atoms with Gasteiger partial charge in [-0.15, -0.1) is 0 Å². The maximum Gasteiger partial charge on any atom is 0.335 e. The Morgan fingerprint density at radius 3 is 2.37 bits per heavy atom. The molecule has 1 aliphatic rings. The number of nitrogens with one attached hydrogen (secondary N) is 1. The molecule has 0 spiro atoms. The van der Waals surface area contributed by atoms with Crippen LogP contribution in [0, 0.1) is 0 Å². The average Bonchev–Trinajstić information content (AvgIpc) is 2.97. The van der Waals surface area contributed by atoms with Gasteiger partial charge in [-0.05, 0) is 30.3 Å². The minimum atomic E-state index is -1.26. The molecule has 0 bridgehead atoms. The van der Waals surface area contributed by atoms with E-state index in [0.29, 0.717) is 5.69 Å². The lowest BCUT2D eigenvalue weighted by Gasteiger charge is -2.10. The first-order valence-corrected chi connectivity index (χ1v) is 8.18. The number of rotatable bonds is 5. The van der Waals surface area contributed by atoms with E-state index in [2.05, 4.69) is 5.32 Å². The first-order valence-electron chi connectivity index (χ1n) is 8.18. The van der Waals surface area contributed by atoms with Gasteiger partial charge in [0.05, 0.1) is 12.2 Å². The van der Waals surface area contributed by atoms with Crippen LogP contribution in [0.15, 0.2) is 48.8 Å². The van der Waals surface area contributed by atoms with E-state index in [1.165, 1.54) is 35.0 Å². The number of aliphatic hydroxyl groups is 3. The van der Waals surface area contributed by atoms with E-state index in [9.17, 15) is 24.9 Å². The molecular formula is C18H19N2O7+. The summed E-state index contributed by atoms with van der Waals surface area (Å²) in [4.78, 5) is 23.3. The zero-order chi connectivity index (χ0) is 19.6. The molecule has 5 N–H and O–H groups in total. The van der Waals surface area contributed by atoms with E-state index in [-0.39, 0.29) is 11.1 Å². The summed E-state index contributed by atoms with van der Waals surface area (Å²) in [6.45, 7) is -0.443. The van der Waals surface area contributed by atoms with Crippen LogP contribution in [-0.4, -0.2) is 57.2 Å². The lowest BCUT2D eigenvalue weighted by Crippen LogP contribution is -2.46. The molecule has 1 aliphatic heterocycles. The van der Waals surface area contributed by atoms with Gasteiger partial charge < -0.3 is 30.5 Å². The summed E-state index contributed by atoms with van der Waals surface area (Å²) in [6.07, 6.45) is -1.34. The predicted molar refractivity (Wildman–Crippen MR) is 91.0 cm³/mol. The van der Waals surface area contributed by atoms with Gasteiger partial charge in [0.1, 0.15) is 17.8 Å². The number of hydrogen-bond donors (Lipinski definition) is 5. The van der Waals surface area contributed by atoms with Crippen molar-refractivity contribution in [2.45, 2.75) is 24.5 Å². The van der Waals surface area contributed by atoms with E-state index in [1.54, 1.807) is 18.3 Å². The third-order valence-electron chi connectivity index (χ3n) is 4.29. The highest BCUT2D eigenvalue weighted by Gasteiger charge is 2.48. The Balaban J connectivity index is 1.75. The number of ether oxygens (including phenoxy) is 1. The molecule has 0 saturated carbocycles. The molecule has 1 saturated heterocycles. The molecule has 1 aromatic heterocycles. The predicted octanol–water partition coefficient (Wildman–Crippen LogP) is -0.464. The number of aromatic nitrogens is 1.